The third kappa shape index (κ3) is 2.59. The van der Waals surface area contributed by atoms with E-state index in [0.29, 0.717) is 0 Å². The van der Waals surface area contributed by atoms with Crippen LogP contribution in [0.4, 0.5) is 13.2 Å². The monoisotopic (exact) mass is 215 g/mol. The Morgan fingerprint density at radius 3 is 2.40 bits per heavy atom. The van der Waals surface area contributed by atoms with Crippen LogP contribution in [0.25, 0.3) is 5.57 Å². The van der Waals surface area contributed by atoms with Crippen LogP contribution in [0, 0.1) is 0 Å². The van der Waals surface area contributed by atoms with Gasteiger partial charge in [-0.05, 0) is 17.7 Å². The van der Waals surface area contributed by atoms with Crippen LogP contribution < -0.4 is 5.73 Å². The number of carbonyl (C=O) groups is 1. The number of halogens is 3. The standard InChI is InChI=1S/C10H8F3NO/c1-6(9(14)15)7-3-2-4-8(5-7)10(11,12)13/h2-5H,1H2,(H2,14,15). The molecule has 1 aromatic rings. The summed E-state index contributed by atoms with van der Waals surface area (Å²) in [7, 11) is 0. The van der Waals surface area contributed by atoms with Crippen molar-refractivity contribution < 1.29 is 18.0 Å². The topological polar surface area (TPSA) is 43.1 Å². The molecular formula is C10H8F3NO. The van der Waals surface area contributed by atoms with E-state index in [1.807, 2.05) is 0 Å². The molecule has 0 aliphatic heterocycles. The lowest BCUT2D eigenvalue weighted by molar-refractivity contribution is -0.137. The fourth-order valence-corrected chi connectivity index (χ4v) is 1.03. The predicted octanol–water partition coefficient (Wildman–Crippen LogP) is 2.20. The molecule has 0 spiro atoms. The summed E-state index contributed by atoms with van der Waals surface area (Å²) in [6, 6.07) is 4.31. The predicted molar refractivity (Wildman–Crippen MR) is 49.7 cm³/mol. The molecule has 0 heterocycles. The van der Waals surface area contributed by atoms with E-state index in [0.717, 1.165) is 12.1 Å². The molecule has 2 nitrogen and oxygen atoms in total. The fraction of sp³-hybridized carbons (Fsp3) is 0.100. The highest BCUT2D eigenvalue weighted by atomic mass is 19.4. The van der Waals surface area contributed by atoms with Crippen molar-refractivity contribution in [1.29, 1.82) is 0 Å². The second-order valence-electron chi connectivity index (χ2n) is 2.92. The number of carbonyl (C=O) groups excluding carboxylic acids is 1. The maximum atomic E-state index is 12.3. The zero-order valence-corrected chi connectivity index (χ0v) is 7.64. The molecular weight excluding hydrogens is 207 g/mol. The van der Waals surface area contributed by atoms with Gasteiger partial charge in [0.25, 0.3) is 0 Å². The Labute approximate surface area is 84.2 Å². The molecule has 5 heteroatoms. The van der Waals surface area contributed by atoms with Gasteiger partial charge >= 0.3 is 6.18 Å². The summed E-state index contributed by atoms with van der Waals surface area (Å²) in [5.41, 5.74) is 4.02. The summed E-state index contributed by atoms with van der Waals surface area (Å²) < 4.78 is 36.9. The molecule has 80 valence electrons. The first-order chi connectivity index (χ1) is 6.82. The first-order valence-electron chi connectivity index (χ1n) is 3.98. The molecule has 0 atom stereocenters. The molecule has 0 aromatic heterocycles. The van der Waals surface area contributed by atoms with E-state index in [9.17, 15) is 18.0 Å². The smallest absolute Gasteiger partial charge is 0.366 e. The average molecular weight is 215 g/mol. The van der Waals surface area contributed by atoms with E-state index in [1.165, 1.54) is 12.1 Å². The van der Waals surface area contributed by atoms with Gasteiger partial charge in [0.05, 0.1) is 5.56 Å². The summed E-state index contributed by atoms with van der Waals surface area (Å²) in [4.78, 5) is 10.7. The van der Waals surface area contributed by atoms with Gasteiger partial charge < -0.3 is 5.73 Å². The minimum Gasteiger partial charge on any atom is -0.366 e. The Balaban J connectivity index is 3.14. The molecule has 0 radical (unpaired) electrons. The number of hydrogen-bond acceptors (Lipinski definition) is 1. The molecule has 15 heavy (non-hydrogen) atoms. The van der Waals surface area contributed by atoms with Crippen LogP contribution >= 0.6 is 0 Å². The summed E-state index contributed by atoms with van der Waals surface area (Å²) in [5, 5.41) is 0. The summed E-state index contributed by atoms with van der Waals surface area (Å²) in [6.07, 6.45) is -4.44. The van der Waals surface area contributed by atoms with Crippen LogP contribution in [0.5, 0.6) is 0 Å². The van der Waals surface area contributed by atoms with Crippen LogP contribution in [0.3, 0.4) is 0 Å². The first-order valence-corrected chi connectivity index (χ1v) is 3.98. The largest absolute Gasteiger partial charge is 0.416 e. The molecule has 0 fully saturated rings. The van der Waals surface area contributed by atoms with E-state index in [-0.39, 0.29) is 11.1 Å². The van der Waals surface area contributed by atoms with Gasteiger partial charge in [0.1, 0.15) is 0 Å². The molecule has 2 N–H and O–H groups in total. The van der Waals surface area contributed by atoms with Crippen LogP contribution in [-0.4, -0.2) is 5.91 Å². The van der Waals surface area contributed by atoms with Crippen molar-refractivity contribution in [2.45, 2.75) is 6.18 Å². The molecule has 1 amide bonds. The Bertz CT molecular complexity index is 409. The number of amides is 1. The maximum absolute atomic E-state index is 12.3. The first kappa shape index (κ1) is 11.3. The van der Waals surface area contributed by atoms with Gasteiger partial charge in [-0.3, -0.25) is 4.79 Å². The fourth-order valence-electron chi connectivity index (χ4n) is 1.03. The van der Waals surface area contributed by atoms with Gasteiger partial charge in [-0.2, -0.15) is 13.2 Å². The molecule has 0 unspecified atom stereocenters. The molecule has 0 saturated carbocycles. The SMILES string of the molecule is C=C(C(N)=O)c1cccc(C(F)(F)F)c1. The van der Waals surface area contributed by atoms with Crippen molar-refractivity contribution in [3.63, 3.8) is 0 Å². The third-order valence-corrected chi connectivity index (χ3v) is 1.84. The number of alkyl halides is 3. The third-order valence-electron chi connectivity index (χ3n) is 1.84. The molecule has 1 aromatic carbocycles. The number of benzene rings is 1. The van der Waals surface area contributed by atoms with Crippen molar-refractivity contribution in [2.75, 3.05) is 0 Å². The second kappa shape index (κ2) is 3.76. The average Bonchev–Trinajstić information content (AvgIpc) is 2.15. The van der Waals surface area contributed by atoms with E-state index in [4.69, 9.17) is 5.73 Å². The number of hydrogen-bond donors (Lipinski definition) is 1. The molecule has 0 aliphatic carbocycles. The van der Waals surface area contributed by atoms with Crippen molar-refractivity contribution in [2.24, 2.45) is 5.73 Å². The van der Waals surface area contributed by atoms with Gasteiger partial charge in [-0.15, -0.1) is 0 Å². The molecule has 0 saturated heterocycles. The minimum absolute atomic E-state index is 0.0809. The van der Waals surface area contributed by atoms with E-state index < -0.39 is 17.6 Å². The summed E-state index contributed by atoms with van der Waals surface area (Å²) in [6.45, 7) is 3.31. The van der Waals surface area contributed by atoms with E-state index in [1.54, 1.807) is 0 Å². The van der Waals surface area contributed by atoms with Gasteiger partial charge in [0, 0.05) is 5.57 Å². The normalized spacial score (nSPS) is 11.1. The highest BCUT2D eigenvalue weighted by molar-refractivity contribution is 6.17. The Morgan fingerprint density at radius 1 is 1.33 bits per heavy atom. The van der Waals surface area contributed by atoms with Gasteiger partial charge in [-0.1, -0.05) is 18.7 Å². The summed E-state index contributed by atoms with van der Waals surface area (Å²) in [5.74, 6) is -0.839. The van der Waals surface area contributed by atoms with Crippen LogP contribution in [-0.2, 0) is 11.0 Å². The minimum atomic E-state index is -4.44. The number of primary amides is 1. The van der Waals surface area contributed by atoms with Gasteiger partial charge in [0.2, 0.25) is 5.91 Å². The van der Waals surface area contributed by atoms with E-state index in [2.05, 4.69) is 6.58 Å². The quantitative estimate of drug-likeness (QED) is 0.755. The Morgan fingerprint density at radius 2 is 1.93 bits per heavy atom. The van der Waals surface area contributed by atoms with Crippen LogP contribution in [0.15, 0.2) is 30.8 Å². The molecule has 1 rings (SSSR count). The maximum Gasteiger partial charge on any atom is 0.416 e. The molecule has 0 aliphatic rings. The number of rotatable bonds is 2. The Kier molecular flexibility index (Phi) is 2.83. The lowest BCUT2D eigenvalue weighted by atomic mass is 10.0. The molecule has 0 bridgehead atoms. The highest BCUT2D eigenvalue weighted by Gasteiger charge is 2.30. The zero-order valence-electron chi connectivity index (χ0n) is 7.64. The van der Waals surface area contributed by atoms with Crippen LogP contribution in [0.1, 0.15) is 11.1 Å². The van der Waals surface area contributed by atoms with Crippen molar-refractivity contribution >= 4 is 11.5 Å². The van der Waals surface area contributed by atoms with E-state index >= 15 is 0 Å². The second-order valence-corrected chi connectivity index (χ2v) is 2.92. The van der Waals surface area contributed by atoms with Gasteiger partial charge in [-0.25, -0.2) is 0 Å². The zero-order chi connectivity index (χ0) is 11.6. The summed E-state index contributed by atoms with van der Waals surface area (Å²) >= 11 is 0. The highest BCUT2D eigenvalue weighted by Crippen LogP contribution is 2.30. The van der Waals surface area contributed by atoms with Crippen molar-refractivity contribution in [1.82, 2.24) is 0 Å². The van der Waals surface area contributed by atoms with Crippen molar-refractivity contribution in [3.05, 3.63) is 42.0 Å². The lowest BCUT2D eigenvalue weighted by Gasteiger charge is -2.08. The van der Waals surface area contributed by atoms with Crippen LogP contribution in [0.2, 0.25) is 0 Å². The van der Waals surface area contributed by atoms with Gasteiger partial charge in [0.15, 0.2) is 0 Å². The Hall–Kier alpha value is -1.78. The lowest BCUT2D eigenvalue weighted by Crippen LogP contribution is -2.13. The van der Waals surface area contributed by atoms with Crippen molar-refractivity contribution in [3.8, 4) is 0 Å². The number of nitrogens with two attached hydrogens (primary N) is 1.